The second kappa shape index (κ2) is 75.3. The Labute approximate surface area is 157 Å². The summed E-state index contributed by atoms with van der Waals surface area (Å²) in [5.74, 6) is 0. The Morgan fingerprint density at radius 2 is 0.222 bits per heavy atom. The van der Waals surface area contributed by atoms with Gasteiger partial charge < -0.3 is 119 Å². The Morgan fingerprint density at radius 3 is 0.222 bits per heavy atom. The summed E-state index contributed by atoms with van der Waals surface area (Å²) in [5.41, 5.74) is 0. The number of hydrogen-bond acceptors (Lipinski definition) is 0. The summed E-state index contributed by atoms with van der Waals surface area (Å²) in [6.45, 7) is 0. The molecule has 0 aromatic carbocycles. The van der Waals surface area contributed by atoms with Gasteiger partial charge in [-0.3, -0.25) is 0 Å². The standard InChI is InChI=1S/2Re.7Se/q;;7*-2. The van der Waals surface area contributed by atoms with Gasteiger partial charge in [-0.25, -0.2) is 0 Å². The smallest absolute Gasteiger partial charge is 0 e. The molecule has 0 aliphatic carbocycles. The molecular formula is Re2Se7-14. The van der Waals surface area contributed by atoms with Gasteiger partial charge in [0.25, 0.3) is 0 Å². The molecular weight excluding hydrogens is 925 g/mol. The van der Waals surface area contributed by atoms with E-state index in [1.54, 1.807) is 0 Å². The van der Waals surface area contributed by atoms with Crippen LogP contribution in [-0.2, 0) is 40.8 Å². The van der Waals surface area contributed by atoms with Gasteiger partial charge in [0.2, 0.25) is 0 Å². The normalized spacial score (nSPS) is 0. The predicted octanol–water partition coefficient (Wildman–Crippen LogP) is -2.67. The van der Waals surface area contributed by atoms with Crippen LogP contribution in [0, 0.1) is 0 Å². The largest absolute Gasteiger partial charge is 2.00 e. The van der Waals surface area contributed by atoms with Crippen LogP contribution in [0.2, 0.25) is 0 Å². The summed E-state index contributed by atoms with van der Waals surface area (Å²) in [6.07, 6.45) is 0. The summed E-state index contributed by atoms with van der Waals surface area (Å²) in [5, 5.41) is 0. The minimum Gasteiger partial charge on any atom is -2.00 e. The third-order valence-corrected chi connectivity index (χ3v) is 0. The van der Waals surface area contributed by atoms with Crippen molar-refractivity contribution in [2.75, 3.05) is 0 Å². The molecule has 9 heteroatoms. The van der Waals surface area contributed by atoms with Crippen LogP contribution in [0.4, 0.5) is 0 Å². The molecule has 0 aliphatic rings. The van der Waals surface area contributed by atoms with Gasteiger partial charge in [0.1, 0.15) is 0 Å². The van der Waals surface area contributed by atoms with E-state index in [9.17, 15) is 0 Å². The average Bonchev–Trinajstić information content (AvgIpc) is 0. The second-order valence-corrected chi connectivity index (χ2v) is 0. The van der Waals surface area contributed by atoms with Crippen LogP contribution in [0.5, 0.6) is 0 Å². The van der Waals surface area contributed by atoms with E-state index in [1.165, 1.54) is 0 Å². The van der Waals surface area contributed by atoms with Crippen molar-refractivity contribution in [3.05, 3.63) is 0 Å². The van der Waals surface area contributed by atoms with Crippen molar-refractivity contribution in [2.45, 2.75) is 0 Å². The molecule has 0 saturated heterocycles. The molecule has 0 heterocycles. The van der Waals surface area contributed by atoms with Gasteiger partial charge in [0.05, 0.1) is 0 Å². The number of hydrogen-bond donors (Lipinski definition) is 0. The van der Waals surface area contributed by atoms with Crippen molar-refractivity contribution in [1.29, 1.82) is 0 Å². The Kier molecular flexibility index (Phi) is 798. The summed E-state index contributed by atoms with van der Waals surface area (Å²) in [7, 11) is 0. The van der Waals surface area contributed by atoms with Crippen LogP contribution in [0.15, 0.2) is 0 Å². The molecule has 0 atom stereocenters. The van der Waals surface area contributed by atoms with Gasteiger partial charge in [0.15, 0.2) is 0 Å². The predicted molar refractivity (Wildman–Crippen MR) is 40.3 cm³/mol. The van der Waals surface area contributed by atoms with E-state index in [-0.39, 0.29) is 160 Å². The summed E-state index contributed by atoms with van der Waals surface area (Å²) in [4.78, 5) is 0. The van der Waals surface area contributed by atoms with E-state index in [1.807, 2.05) is 0 Å². The fourth-order valence-corrected chi connectivity index (χ4v) is 0. The Hall–Kier alpha value is 4.96. The molecule has 2 radical (unpaired) electrons. The minimum atomic E-state index is 0. The SMILES string of the molecule is [Re].[Re].[Se-2].[Se-2].[Se-2].[Se-2].[Se-2].[Se-2].[Se-2]. The molecule has 0 bridgehead atoms. The van der Waals surface area contributed by atoms with Crippen molar-refractivity contribution < 1.29 is 40.8 Å². The summed E-state index contributed by atoms with van der Waals surface area (Å²) < 4.78 is 0. The third-order valence-electron chi connectivity index (χ3n) is 0. The molecule has 0 aliphatic heterocycles. The van der Waals surface area contributed by atoms with Crippen LogP contribution in [0.25, 0.3) is 0 Å². The first kappa shape index (κ1) is 95.3. The van der Waals surface area contributed by atoms with Crippen LogP contribution >= 0.6 is 0 Å². The molecule has 0 N–H and O–H groups in total. The maximum absolute atomic E-state index is 0. The van der Waals surface area contributed by atoms with Crippen molar-refractivity contribution in [2.24, 2.45) is 0 Å². The zero-order chi connectivity index (χ0) is 0. The Bertz CT molecular complexity index is 6.88. The van der Waals surface area contributed by atoms with Crippen molar-refractivity contribution in [3.63, 3.8) is 0 Å². The molecule has 0 aromatic heterocycles. The van der Waals surface area contributed by atoms with Crippen molar-refractivity contribution in [3.8, 4) is 0 Å². The van der Waals surface area contributed by atoms with Crippen LogP contribution in [0.3, 0.4) is 0 Å². The number of rotatable bonds is 0. The monoisotopic (exact) mass is 933 g/mol. The van der Waals surface area contributed by atoms with Gasteiger partial charge >= 0.3 is 0 Å². The second-order valence-electron chi connectivity index (χ2n) is 0. The fourth-order valence-electron chi connectivity index (χ4n) is 0. The van der Waals surface area contributed by atoms with Gasteiger partial charge in [-0.2, -0.15) is 0 Å². The van der Waals surface area contributed by atoms with E-state index in [4.69, 9.17) is 0 Å². The third kappa shape index (κ3) is 63.3. The molecule has 0 fully saturated rings. The van der Waals surface area contributed by atoms with E-state index in [2.05, 4.69) is 0 Å². The van der Waals surface area contributed by atoms with Crippen molar-refractivity contribution in [1.82, 2.24) is 0 Å². The van der Waals surface area contributed by atoms with E-state index < -0.39 is 0 Å². The molecule has 0 saturated carbocycles. The first-order chi connectivity index (χ1) is 0. The van der Waals surface area contributed by atoms with E-state index in [0.717, 1.165) is 0 Å². The quantitative estimate of drug-likeness (QED) is 0.233. The summed E-state index contributed by atoms with van der Waals surface area (Å²) in [6, 6.07) is 0. The molecule has 0 rings (SSSR count). The molecule has 0 amide bonds. The van der Waals surface area contributed by atoms with E-state index >= 15 is 0 Å². The fraction of sp³-hybridized carbons (Fsp3) is 0. The Morgan fingerprint density at radius 1 is 0.222 bits per heavy atom. The topological polar surface area (TPSA) is 0 Å². The maximum atomic E-state index is 0. The summed E-state index contributed by atoms with van der Waals surface area (Å²) >= 11 is 0. The molecule has 9 heavy (non-hydrogen) atoms. The van der Waals surface area contributed by atoms with Crippen LogP contribution < -0.4 is 0 Å². The zero-order valence-corrected chi connectivity index (χ0v) is 21.0. The van der Waals surface area contributed by atoms with Gasteiger partial charge in [0, 0.05) is 40.8 Å². The van der Waals surface area contributed by atoms with Gasteiger partial charge in [-0.15, -0.1) is 0 Å². The molecule has 0 unspecified atom stereocenters. The van der Waals surface area contributed by atoms with E-state index in [0.29, 0.717) is 0 Å². The van der Waals surface area contributed by atoms with Crippen LogP contribution in [-0.4, -0.2) is 119 Å². The Balaban J connectivity index is 0. The maximum Gasteiger partial charge on any atom is 0 e. The molecule has 0 aromatic rings. The van der Waals surface area contributed by atoms with Crippen LogP contribution in [0.1, 0.15) is 0 Å². The van der Waals surface area contributed by atoms with Gasteiger partial charge in [-0.05, 0) is 0 Å². The van der Waals surface area contributed by atoms with Crippen molar-refractivity contribution >= 4 is 119 Å². The average molecular weight is 925 g/mol. The zero-order valence-electron chi connectivity index (χ0n) is 3.61. The molecule has 0 nitrogen and oxygen atoms in total. The first-order valence-corrected chi connectivity index (χ1v) is 0. The molecule has 70 valence electrons. The molecule has 0 spiro atoms. The first-order valence-electron chi connectivity index (χ1n) is 0. The van der Waals surface area contributed by atoms with Gasteiger partial charge in [-0.1, -0.05) is 0 Å². The minimum absolute atomic E-state index is 0.